The molecule has 0 aliphatic carbocycles. The minimum absolute atomic E-state index is 0. The third-order valence-electron chi connectivity index (χ3n) is 3.95. The van der Waals surface area contributed by atoms with Gasteiger partial charge < -0.3 is 33.6 Å². The molecule has 1 atom stereocenters. The zero-order valence-corrected chi connectivity index (χ0v) is 18.6. The van der Waals surface area contributed by atoms with Crippen LogP contribution in [0.4, 0.5) is 0 Å². The van der Waals surface area contributed by atoms with E-state index in [1.54, 1.807) is 24.3 Å². The van der Waals surface area contributed by atoms with Crippen LogP contribution in [0.15, 0.2) is 46.0 Å². The molecule has 11 heteroatoms. The quantitative estimate of drug-likeness (QED) is 0.431. The van der Waals surface area contributed by atoms with Gasteiger partial charge in [0.15, 0.2) is 11.5 Å². The standard InChI is InChI=1S/C17H13NO7PS.Na/c1-22-13-4-10(5-14-17(13)24-8-23-14)16-11(7-25-18-16)9-2-3-12(19)15(6-9)27-26(20)21;/h2-7,19-20H,8H2,1H3;/q-1;+1. The number of aromatic nitrogens is 1. The fourth-order valence-corrected chi connectivity index (χ4v) is 4.21. The summed E-state index contributed by atoms with van der Waals surface area (Å²) in [6.07, 6.45) is 1.46. The van der Waals surface area contributed by atoms with Gasteiger partial charge in [-0.05, 0) is 29.8 Å². The molecule has 1 aliphatic rings. The van der Waals surface area contributed by atoms with E-state index in [9.17, 15) is 10.00 Å². The van der Waals surface area contributed by atoms with Gasteiger partial charge in [0.25, 0.3) is 0 Å². The second-order valence-corrected chi connectivity index (χ2v) is 8.08. The number of benzene rings is 2. The van der Waals surface area contributed by atoms with Gasteiger partial charge in [0.1, 0.15) is 17.7 Å². The van der Waals surface area contributed by atoms with Crippen LogP contribution in [0.5, 0.6) is 23.0 Å². The van der Waals surface area contributed by atoms with E-state index in [-0.39, 0.29) is 47.0 Å². The average Bonchev–Trinajstić information content (AvgIpc) is 3.31. The largest absolute Gasteiger partial charge is 1.00 e. The van der Waals surface area contributed by atoms with Crippen molar-refractivity contribution in [1.29, 1.82) is 0 Å². The summed E-state index contributed by atoms with van der Waals surface area (Å²) in [6, 6.07) is 8.25. The Balaban J connectivity index is 0.00000225. The van der Waals surface area contributed by atoms with Gasteiger partial charge in [-0.1, -0.05) is 22.6 Å². The summed E-state index contributed by atoms with van der Waals surface area (Å²) in [7, 11) is -0.972. The van der Waals surface area contributed by atoms with Crippen molar-refractivity contribution in [3.63, 3.8) is 0 Å². The Hall–Kier alpha value is -1.45. The van der Waals surface area contributed by atoms with Crippen LogP contribution in [0.2, 0.25) is 0 Å². The summed E-state index contributed by atoms with van der Waals surface area (Å²) < 4.78 is 21.4. The Morgan fingerprint density at radius 2 is 2.04 bits per heavy atom. The molecule has 1 aromatic heterocycles. The summed E-state index contributed by atoms with van der Waals surface area (Å²) in [5.41, 5.74) is 2.53. The molecule has 0 fully saturated rings. The Morgan fingerprint density at radius 1 is 1.21 bits per heavy atom. The molecule has 2 aromatic carbocycles. The monoisotopic (exact) mass is 429 g/mol. The molecule has 0 amide bonds. The maximum absolute atomic E-state index is 11.1. The van der Waals surface area contributed by atoms with E-state index in [1.807, 2.05) is 0 Å². The summed E-state index contributed by atoms with van der Waals surface area (Å²) >= 11 is 0.668. The molecule has 28 heavy (non-hydrogen) atoms. The number of rotatable bonds is 5. The van der Waals surface area contributed by atoms with Gasteiger partial charge in [-0.25, -0.2) is 0 Å². The summed E-state index contributed by atoms with van der Waals surface area (Å²) in [6.45, 7) is 0.110. The van der Waals surface area contributed by atoms with Gasteiger partial charge in [0.2, 0.25) is 12.5 Å². The Kier molecular flexibility index (Phi) is 6.77. The number of methoxy groups -OCH3 is 1. The van der Waals surface area contributed by atoms with E-state index in [4.69, 9.17) is 23.6 Å². The summed E-state index contributed by atoms with van der Waals surface area (Å²) in [4.78, 5) is 20.5. The number of hydrogen-bond donors (Lipinski definition) is 2. The molecule has 3 aromatic rings. The molecular weight excluding hydrogens is 416 g/mol. The predicted molar refractivity (Wildman–Crippen MR) is 96.7 cm³/mol. The number of nitrogens with zero attached hydrogens (tertiary/aromatic N) is 1. The Labute approximate surface area is 187 Å². The molecule has 4 rings (SSSR count). The van der Waals surface area contributed by atoms with E-state index in [0.29, 0.717) is 51.0 Å². The van der Waals surface area contributed by atoms with E-state index in [0.717, 1.165) is 0 Å². The first-order valence-corrected chi connectivity index (χ1v) is 10.3. The Morgan fingerprint density at radius 3 is 2.79 bits per heavy atom. The number of fused-ring (bicyclic) bond motifs is 1. The summed E-state index contributed by atoms with van der Waals surface area (Å²) in [5, 5.41) is 14.0. The second-order valence-electron chi connectivity index (χ2n) is 5.50. The first-order valence-electron chi connectivity index (χ1n) is 7.66. The van der Waals surface area contributed by atoms with E-state index >= 15 is 0 Å². The van der Waals surface area contributed by atoms with Crippen molar-refractivity contribution in [2.75, 3.05) is 13.9 Å². The van der Waals surface area contributed by atoms with Crippen molar-refractivity contribution in [3.05, 3.63) is 36.6 Å². The van der Waals surface area contributed by atoms with E-state index < -0.39 is 7.58 Å². The maximum Gasteiger partial charge on any atom is 1.00 e. The van der Waals surface area contributed by atoms with Crippen LogP contribution in [0.3, 0.4) is 0 Å². The molecule has 1 unspecified atom stereocenters. The first-order chi connectivity index (χ1) is 13.1. The molecular formula is C17H13NNaO7PS. The van der Waals surface area contributed by atoms with Crippen LogP contribution < -0.4 is 48.7 Å². The van der Waals surface area contributed by atoms with Crippen molar-refractivity contribution in [3.8, 4) is 45.4 Å². The van der Waals surface area contributed by atoms with Gasteiger partial charge in [-0.2, -0.15) is 0 Å². The maximum atomic E-state index is 11.1. The van der Waals surface area contributed by atoms with E-state index in [2.05, 4.69) is 5.16 Å². The van der Waals surface area contributed by atoms with Gasteiger partial charge in [0, 0.05) is 18.7 Å². The number of hydrogen-bond acceptors (Lipinski definition) is 9. The second kappa shape index (κ2) is 8.92. The normalized spacial score (nSPS) is 13.1. The van der Waals surface area contributed by atoms with Crippen LogP contribution in [-0.2, 0) is 0 Å². The molecule has 2 heterocycles. The molecule has 0 bridgehead atoms. The Bertz CT molecular complexity index is 998. The van der Waals surface area contributed by atoms with Crippen LogP contribution in [0.25, 0.3) is 22.4 Å². The summed E-state index contributed by atoms with van der Waals surface area (Å²) in [5.74, 6) is 1.50. The molecule has 140 valence electrons. The molecule has 2 N–H and O–H groups in total. The van der Waals surface area contributed by atoms with E-state index in [1.165, 1.54) is 19.4 Å². The number of phenolic OH excluding ortho intramolecular Hbond substituents is 1. The van der Waals surface area contributed by atoms with Crippen molar-refractivity contribution in [2.24, 2.45) is 0 Å². The number of phenols is 1. The van der Waals surface area contributed by atoms with Gasteiger partial charge in [-0.15, -0.1) is 0 Å². The third-order valence-corrected chi connectivity index (χ3v) is 5.69. The zero-order valence-electron chi connectivity index (χ0n) is 14.9. The number of ether oxygens (including phenoxy) is 3. The molecule has 0 radical (unpaired) electrons. The minimum atomic E-state index is -2.50. The SMILES string of the molecule is COc1cc(-c2nocc2-c2ccc(O)c(SP([O-])O)c2)cc2c1OCO2.[Na+]. The molecule has 0 saturated carbocycles. The van der Waals surface area contributed by atoms with Crippen LogP contribution in [0, 0.1) is 0 Å². The van der Waals surface area contributed by atoms with Crippen molar-refractivity contribution >= 4 is 19.0 Å². The van der Waals surface area contributed by atoms with Crippen LogP contribution >= 0.6 is 19.0 Å². The molecule has 0 saturated heterocycles. The minimum Gasteiger partial charge on any atom is -0.800 e. The fourth-order valence-electron chi connectivity index (χ4n) is 2.75. The van der Waals surface area contributed by atoms with Gasteiger partial charge >= 0.3 is 29.6 Å². The van der Waals surface area contributed by atoms with Crippen molar-refractivity contribution < 1.29 is 63.2 Å². The first kappa shape index (κ1) is 21.3. The number of aromatic hydroxyl groups is 1. The van der Waals surface area contributed by atoms with Crippen LogP contribution in [0.1, 0.15) is 0 Å². The topological polar surface area (TPSA) is 117 Å². The smallest absolute Gasteiger partial charge is 0.800 e. The van der Waals surface area contributed by atoms with Crippen LogP contribution in [-0.4, -0.2) is 29.1 Å². The average molecular weight is 429 g/mol. The van der Waals surface area contributed by atoms with Crippen molar-refractivity contribution in [1.82, 2.24) is 5.16 Å². The van der Waals surface area contributed by atoms with Gasteiger partial charge in [-0.3, -0.25) is 0 Å². The van der Waals surface area contributed by atoms with Crippen molar-refractivity contribution in [2.45, 2.75) is 4.90 Å². The zero-order chi connectivity index (χ0) is 19.0. The molecule has 8 nitrogen and oxygen atoms in total. The fraction of sp³-hybridized carbons (Fsp3) is 0.118. The third kappa shape index (κ3) is 4.11. The predicted octanol–water partition coefficient (Wildman–Crippen LogP) is 0.127. The van der Waals surface area contributed by atoms with Gasteiger partial charge in [0.05, 0.1) is 12.0 Å². The molecule has 0 spiro atoms. The molecule has 1 aliphatic heterocycles.